The number of anilines is 1. The summed E-state index contributed by atoms with van der Waals surface area (Å²) in [5, 5.41) is 15.2. The number of benzene rings is 2. The summed E-state index contributed by atoms with van der Waals surface area (Å²) in [4.78, 5) is 10.5. The fourth-order valence-electron chi connectivity index (χ4n) is 2.03. The first kappa shape index (κ1) is 17.3. The predicted molar refractivity (Wildman–Crippen MR) is 86.6 cm³/mol. The molecule has 0 radical (unpaired) electrons. The number of rotatable bonds is 7. The lowest BCUT2D eigenvalue weighted by atomic mass is 10.1. The van der Waals surface area contributed by atoms with Crippen LogP contribution in [-0.4, -0.2) is 17.2 Å². The summed E-state index contributed by atoms with van der Waals surface area (Å²) < 4.78 is 28.6. The minimum Gasteiger partial charge on any atom is -0.435 e. The van der Waals surface area contributed by atoms with Crippen molar-refractivity contribution in [3.05, 3.63) is 64.2 Å². The Morgan fingerprint density at radius 1 is 1.25 bits per heavy atom. The molecule has 0 aliphatic carbocycles. The number of alkyl halides is 2. The van der Waals surface area contributed by atoms with Crippen molar-refractivity contribution in [1.82, 2.24) is 0 Å². The summed E-state index contributed by atoms with van der Waals surface area (Å²) in [5.41, 5.74) is 4.19. The summed E-state index contributed by atoms with van der Waals surface area (Å²) in [7, 11) is 0. The van der Waals surface area contributed by atoms with E-state index in [9.17, 15) is 18.9 Å². The van der Waals surface area contributed by atoms with Crippen molar-refractivity contribution in [2.75, 3.05) is 5.43 Å². The van der Waals surface area contributed by atoms with Gasteiger partial charge in [0.2, 0.25) is 0 Å². The average molecular weight is 335 g/mol. The zero-order valence-electron chi connectivity index (χ0n) is 12.8. The number of hydrogen-bond donors (Lipinski definition) is 1. The Bertz CT molecular complexity index is 734. The van der Waals surface area contributed by atoms with Crippen LogP contribution in [0.15, 0.2) is 53.6 Å². The smallest absolute Gasteiger partial charge is 0.387 e. The first-order valence-corrected chi connectivity index (χ1v) is 7.12. The van der Waals surface area contributed by atoms with Gasteiger partial charge in [0.15, 0.2) is 0 Å². The number of hydrogen-bond acceptors (Lipinski definition) is 5. The maximum Gasteiger partial charge on any atom is 0.387 e. The van der Waals surface area contributed by atoms with Crippen molar-refractivity contribution < 1.29 is 18.4 Å². The molecule has 0 aliphatic rings. The largest absolute Gasteiger partial charge is 0.435 e. The number of nitrogens with one attached hydrogen (secondary N) is 1. The van der Waals surface area contributed by atoms with Gasteiger partial charge in [-0.25, -0.2) is 0 Å². The number of nitrogens with zero attached hydrogens (tertiary/aromatic N) is 2. The second-order valence-electron chi connectivity index (χ2n) is 4.70. The van der Waals surface area contributed by atoms with Gasteiger partial charge in [0.05, 0.1) is 10.6 Å². The maximum atomic E-state index is 12.1. The molecule has 2 rings (SSSR count). The fraction of sp³-hybridized carbons (Fsp3) is 0.188. The molecule has 6 nitrogen and oxygen atoms in total. The molecule has 0 aliphatic heterocycles. The molecule has 0 spiro atoms. The molecule has 0 unspecified atom stereocenters. The first-order valence-electron chi connectivity index (χ1n) is 7.12. The van der Waals surface area contributed by atoms with E-state index in [2.05, 4.69) is 15.3 Å². The molecule has 0 aromatic heterocycles. The van der Waals surface area contributed by atoms with Crippen molar-refractivity contribution in [2.45, 2.75) is 20.0 Å². The molecule has 0 saturated carbocycles. The highest BCUT2D eigenvalue weighted by molar-refractivity contribution is 6.00. The van der Waals surface area contributed by atoms with Crippen LogP contribution < -0.4 is 10.2 Å². The number of halogens is 2. The van der Waals surface area contributed by atoms with Crippen LogP contribution in [0.1, 0.15) is 18.9 Å². The van der Waals surface area contributed by atoms with Crippen LogP contribution in [0.5, 0.6) is 5.75 Å². The topological polar surface area (TPSA) is 76.8 Å². The van der Waals surface area contributed by atoms with Gasteiger partial charge >= 0.3 is 6.61 Å². The van der Waals surface area contributed by atoms with E-state index >= 15 is 0 Å². The van der Waals surface area contributed by atoms with Crippen molar-refractivity contribution in [3.8, 4) is 5.75 Å². The van der Waals surface area contributed by atoms with Crippen molar-refractivity contribution in [1.29, 1.82) is 0 Å². The van der Waals surface area contributed by atoms with Gasteiger partial charge in [-0.2, -0.15) is 13.9 Å². The van der Waals surface area contributed by atoms with Crippen LogP contribution in [0.4, 0.5) is 20.2 Å². The molecule has 0 atom stereocenters. The Hall–Kier alpha value is -3.03. The van der Waals surface area contributed by atoms with Crippen LogP contribution in [0.25, 0.3) is 0 Å². The SMILES string of the molecule is CCC(=NNc1ccccc1[N+](=O)[O-])c1ccc(OC(F)F)cc1. The minimum atomic E-state index is -2.88. The lowest BCUT2D eigenvalue weighted by Crippen LogP contribution is -2.05. The highest BCUT2D eigenvalue weighted by atomic mass is 19.3. The van der Waals surface area contributed by atoms with Gasteiger partial charge in [-0.1, -0.05) is 19.1 Å². The van der Waals surface area contributed by atoms with Gasteiger partial charge in [-0.15, -0.1) is 0 Å². The standard InChI is InChI=1S/C16H15F2N3O3/c1-2-13(11-7-9-12(10-8-11)24-16(17)18)19-20-14-5-3-4-6-15(14)21(22)23/h3-10,16,20H,2H2,1H3. The Kier molecular flexibility index (Phi) is 5.78. The summed E-state index contributed by atoms with van der Waals surface area (Å²) in [6.07, 6.45) is 0.544. The highest BCUT2D eigenvalue weighted by Crippen LogP contribution is 2.23. The van der Waals surface area contributed by atoms with E-state index in [-0.39, 0.29) is 17.1 Å². The van der Waals surface area contributed by atoms with E-state index in [1.54, 1.807) is 30.3 Å². The quantitative estimate of drug-likeness (QED) is 0.461. The molecule has 2 aromatic rings. The van der Waals surface area contributed by atoms with Gasteiger partial charge in [0.1, 0.15) is 11.4 Å². The minimum absolute atomic E-state index is 0.0517. The Morgan fingerprint density at radius 2 is 1.92 bits per heavy atom. The summed E-state index contributed by atoms with van der Waals surface area (Å²) >= 11 is 0. The highest BCUT2D eigenvalue weighted by Gasteiger charge is 2.12. The molecule has 24 heavy (non-hydrogen) atoms. The molecule has 2 aromatic carbocycles. The average Bonchev–Trinajstić information content (AvgIpc) is 2.56. The molecule has 0 amide bonds. The molecule has 0 saturated heterocycles. The summed E-state index contributed by atoms with van der Waals surface area (Å²) in [6.45, 7) is -1.01. The van der Waals surface area contributed by atoms with Crippen LogP contribution in [-0.2, 0) is 0 Å². The fourth-order valence-corrected chi connectivity index (χ4v) is 2.03. The Morgan fingerprint density at radius 3 is 2.50 bits per heavy atom. The van der Waals surface area contributed by atoms with Crippen LogP contribution >= 0.6 is 0 Å². The van der Waals surface area contributed by atoms with Crippen molar-refractivity contribution in [3.63, 3.8) is 0 Å². The Labute approximate surface area is 136 Å². The number of hydrazone groups is 1. The van der Waals surface area contributed by atoms with Gasteiger partial charge in [0, 0.05) is 6.07 Å². The van der Waals surface area contributed by atoms with E-state index in [0.717, 1.165) is 0 Å². The van der Waals surface area contributed by atoms with Crippen LogP contribution in [0.3, 0.4) is 0 Å². The van der Waals surface area contributed by atoms with E-state index in [0.29, 0.717) is 17.7 Å². The van der Waals surface area contributed by atoms with Crippen LogP contribution in [0.2, 0.25) is 0 Å². The van der Waals surface area contributed by atoms with E-state index in [4.69, 9.17) is 0 Å². The van der Waals surface area contributed by atoms with Crippen molar-refractivity contribution >= 4 is 17.1 Å². The molecule has 8 heteroatoms. The number of nitro benzene ring substituents is 1. The number of nitro groups is 1. The molecule has 0 heterocycles. The van der Waals surface area contributed by atoms with E-state index in [1.165, 1.54) is 18.2 Å². The zero-order chi connectivity index (χ0) is 17.5. The summed E-state index contributed by atoms with van der Waals surface area (Å²) in [6, 6.07) is 12.2. The van der Waals surface area contributed by atoms with Crippen LogP contribution in [0, 0.1) is 10.1 Å². The second kappa shape index (κ2) is 8.00. The molecule has 1 N–H and O–H groups in total. The molecular formula is C16H15F2N3O3. The second-order valence-corrected chi connectivity index (χ2v) is 4.70. The van der Waals surface area contributed by atoms with Crippen molar-refractivity contribution in [2.24, 2.45) is 5.10 Å². The number of ether oxygens (including phenoxy) is 1. The third-order valence-electron chi connectivity index (χ3n) is 3.16. The summed E-state index contributed by atoms with van der Waals surface area (Å²) in [5.74, 6) is 0.0517. The molecule has 0 bridgehead atoms. The first-order chi connectivity index (χ1) is 11.5. The van der Waals surface area contributed by atoms with Gasteiger partial charge < -0.3 is 4.74 Å². The lowest BCUT2D eigenvalue weighted by molar-refractivity contribution is -0.384. The van der Waals surface area contributed by atoms with E-state index < -0.39 is 11.5 Å². The monoisotopic (exact) mass is 335 g/mol. The zero-order valence-corrected chi connectivity index (χ0v) is 12.8. The van der Waals surface area contributed by atoms with Gasteiger partial charge in [-0.3, -0.25) is 15.5 Å². The third-order valence-corrected chi connectivity index (χ3v) is 3.16. The molecule has 126 valence electrons. The van der Waals surface area contributed by atoms with Gasteiger partial charge in [-0.05, 0) is 42.3 Å². The molecular weight excluding hydrogens is 320 g/mol. The maximum absolute atomic E-state index is 12.1. The lowest BCUT2D eigenvalue weighted by Gasteiger charge is -2.08. The predicted octanol–water partition coefficient (Wildman–Crippen LogP) is 4.42. The van der Waals surface area contributed by atoms with E-state index in [1.807, 2.05) is 6.92 Å². The number of para-hydroxylation sites is 2. The third kappa shape index (κ3) is 4.48. The normalized spacial score (nSPS) is 11.4. The Balaban J connectivity index is 2.19. The molecule has 0 fully saturated rings. The van der Waals surface area contributed by atoms with Gasteiger partial charge in [0.25, 0.3) is 5.69 Å².